The van der Waals surface area contributed by atoms with Gasteiger partial charge < -0.3 is 10.6 Å². The van der Waals surface area contributed by atoms with E-state index in [1.54, 1.807) is 30.3 Å². The van der Waals surface area contributed by atoms with Gasteiger partial charge in [-0.25, -0.2) is 8.42 Å². The first-order valence-corrected chi connectivity index (χ1v) is 6.97. The van der Waals surface area contributed by atoms with Gasteiger partial charge in [-0.15, -0.1) is 0 Å². The van der Waals surface area contributed by atoms with Crippen LogP contribution in [0.25, 0.3) is 0 Å². The minimum Gasteiger partial charge on any atom is -0.399 e. The van der Waals surface area contributed by atoms with Gasteiger partial charge in [0.2, 0.25) is 9.84 Å². The number of rotatable bonds is 0. The van der Waals surface area contributed by atoms with E-state index in [0.717, 1.165) is 0 Å². The third kappa shape index (κ3) is 1.34. The van der Waals surface area contributed by atoms with Gasteiger partial charge in [-0.3, -0.25) is 0 Å². The maximum absolute atomic E-state index is 12.5. The van der Waals surface area contributed by atoms with Gasteiger partial charge in [0.15, 0.2) is 0 Å². The molecule has 1 aliphatic heterocycles. The van der Waals surface area contributed by atoms with E-state index in [4.69, 9.17) is 5.73 Å². The quantitative estimate of drug-likeness (QED) is 0.737. The van der Waals surface area contributed by atoms with Gasteiger partial charge in [0, 0.05) is 12.7 Å². The third-order valence-corrected chi connectivity index (χ3v) is 4.98. The van der Waals surface area contributed by atoms with Crippen molar-refractivity contribution in [1.29, 1.82) is 0 Å². The highest BCUT2D eigenvalue weighted by Crippen LogP contribution is 2.43. The molecule has 0 aromatic heterocycles. The maximum Gasteiger partial charge on any atom is 0.210 e. The molecular weight excluding hydrogens is 248 g/mol. The molecular formula is C13H12N2O2S. The minimum atomic E-state index is -3.48. The summed E-state index contributed by atoms with van der Waals surface area (Å²) >= 11 is 0. The number of hydrogen-bond donors (Lipinski definition) is 1. The number of anilines is 3. The lowest BCUT2D eigenvalue weighted by Gasteiger charge is -2.29. The van der Waals surface area contributed by atoms with Crippen LogP contribution < -0.4 is 10.6 Å². The van der Waals surface area contributed by atoms with Crippen LogP contribution in [-0.2, 0) is 9.84 Å². The molecule has 2 aromatic rings. The van der Waals surface area contributed by atoms with Crippen LogP contribution in [0.2, 0.25) is 0 Å². The molecule has 18 heavy (non-hydrogen) atoms. The van der Waals surface area contributed by atoms with E-state index < -0.39 is 9.84 Å². The first-order valence-electron chi connectivity index (χ1n) is 5.49. The third-order valence-electron chi connectivity index (χ3n) is 3.15. The number of benzene rings is 2. The molecule has 0 saturated heterocycles. The van der Waals surface area contributed by atoms with Crippen LogP contribution in [0.3, 0.4) is 0 Å². The average Bonchev–Trinajstić information content (AvgIpc) is 2.36. The number of para-hydroxylation sites is 1. The van der Waals surface area contributed by atoms with Crippen molar-refractivity contribution >= 4 is 26.9 Å². The molecule has 0 aliphatic carbocycles. The lowest BCUT2D eigenvalue weighted by molar-refractivity contribution is 0.594. The topological polar surface area (TPSA) is 63.4 Å². The van der Waals surface area contributed by atoms with E-state index in [1.807, 2.05) is 18.0 Å². The van der Waals surface area contributed by atoms with Gasteiger partial charge in [0.25, 0.3) is 0 Å². The first kappa shape index (κ1) is 11.1. The van der Waals surface area contributed by atoms with E-state index >= 15 is 0 Å². The summed E-state index contributed by atoms with van der Waals surface area (Å²) in [4.78, 5) is 2.46. The fraction of sp³-hybridized carbons (Fsp3) is 0.0769. The maximum atomic E-state index is 12.5. The number of fused-ring (bicyclic) bond motifs is 2. The van der Waals surface area contributed by atoms with E-state index in [9.17, 15) is 8.42 Å². The number of hydrogen-bond acceptors (Lipinski definition) is 4. The number of nitrogen functional groups attached to an aromatic ring is 1. The van der Waals surface area contributed by atoms with Crippen LogP contribution in [0.5, 0.6) is 0 Å². The molecule has 1 aliphatic rings. The van der Waals surface area contributed by atoms with Gasteiger partial charge in [0.1, 0.15) is 0 Å². The summed E-state index contributed by atoms with van der Waals surface area (Å²) < 4.78 is 25.0. The Kier molecular flexibility index (Phi) is 2.15. The molecule has 5 heteroatoms. The molecule has 0 unspecified atom stereocenters. The molecule has 3 rings (SSSR count). The average molecular weight is 260 g/mol. The van der Waals surface area contributed by atoms with Gasteiger partial charge >= 0.3 is 0 Å². The van der Waals surface area contributed by atoms with Crippen LogP contribution in [0, 0.1) is 0 Å². The van der Waals surface area contributed by atoms with E-state index in [2.05, 4.69) is 0 Å². The van der Waals surface area contributed by atoms with Crippen molar-refractivity contribution in [2.45, 2.75) is 9.79 Å². The molecule has 2 N–H and O–H groups in total. The van der Waals surface area contributed by atoms with Crippen LogP contribution in [0.4, 0.5) is 17.1 Å². The lowest BCUT2D eigenvalue weighted by Crippen LogP contribution is -2.22. The van der Waals surface area contributed by atoms with Crippen molar-refractivity contribution in [1.82, 2.24) is 0 Å². The Hall–Kier alpha value is -2.01. The minimum absolute atomic E-state index is 0.267. The summed E-state index contributed by atoms with van der Waals surface area (Å²) in [6.45, 7) is 0. The summed E-state index contributed by atoms with van der Waals surface area (Å²) in [7, 11) is -1.63. The van der Waals surface area contributed by atoms with Crippen LogP contribution in [-0.4, -0.2) is 15.5 Å². The Morgan fingerprint density at radius 1 is 1.00 bits per heavy atom. The predicted molar refractivity (Wildman–Crippen MR) is 70.8 cm³/mol. The summed E-state index contributed by atoms with van der Waals surface area (Å²) in [6, 6.07) is 11.9. The standard InChI is InChI=1S/C13H12N2O2S/c1-15-10-4-2-3-5-12(10)18(16,17)13-8-9(14)6-7-11(13)15/h2-8H,14H2,1H3. The Bertz CT molecular complexity index is 738. The molecule has 2 aromatic carbocycles. The summed E-state index contributed by atoms with van der Waals surface area (Å²) in [5.41, 5.74) is 7.48. The number of nitrogens with zero attached hydrogens (tertiary/aromatic N) is 1. The normalized spacial score (nSPS) is 15.9. The second-order valence-corrected chi connectivity index (χ2v) is 6.14. The zero-order chi connectivity index (χ0) is 12.9. The fourth-order valence-corrected chi connectivity index (χ4v) is 3.98. The summed E-state index contributed by atoms with van der Waals surface area (Å²) in [5, 5.41) is 0. The zero-order valence-electron chi connectivity index (χ0n) is 9.79. The molecule has 0 fully saturated rings. The van der Waals surface area contributed by atoms with Crippen molar-refractivity contribution in [3.63, 3.8) is 0 Å². The first-order chi connectivity index (χ1) is 8.51. The van der Waals surface area contributed by atoms with Crippen LogP contribution >= 0.6 is 0 Å². The van der Waals surface area contributed by atoms with E-state index in [-0.39, 0.29) is 4.90 Å². The largest absolute Gasteiger partial charge is 0.399 e. The molecule has 1 heterocycles. The van der Waals surface area contributed by atoms with Crippen LogP contribution in [0.1, 0.15) is 0 Å². The second kappa shape index (κ2) is 3.49. The van der Waals surface area contributed by atoms with Crippen molar-refractivity contribution in [3.8, 4) is 0 Å². The van der Waals surface area contributed by atoms with Gasteiger partial charge in [0.05, 0.1) is 21.2 Å². The van der Waals surface area contributed by atoms with E-state index in [0.29, 0.717) is 22.0 Å². The molecule has 92 valence electrons. The van der Waals surface area contributed by atoms with Crippen molar-refractivity contribution in [2.75, 3.05) is 17.7 Å². The highest BCUT2D eigenvalue weighted by Gasteiger charge is 2.32. The van der Waals surface area contributed by atoms with Crippen molar-refractivity contribution < 1.29 is 8.42 Å². The number of nitrogens with two attached hydrogens (primary N) is 1. The Labute approximate surface area is 106 Å². The SMILES string of the molecule is CN1c2ccccc2S(=O)(=O)c2cc(N)ccc21. The smallest absolute Gasteiger partial charge is 0.210 e. The van der Waals surface area contributed by atoms with Crippen LogP contribution in [0.15, 0.2) is 52.3 Å². The van der Waals surface area contributed by atoms with E-state index in [1.165, 1.54) is 6.07 Å². The zero-order valence-corrected chi connectivity index (χ0v) is 10.6. The molecule has 4 nitrogen and oxygen atoms in total. The molecule has 0 amide bonds. The van der Waals surface area contributed by atoms with Crippen molar-refractivity contribution in [3.05, 3.63) is 42.5 Å². The van der Waals surface area contributed by atoms with Gasteiger partial charge in [-0.05, 0) is 30.3 Å². The molecule has 0 atom stereocenters. The molecule has 0 saturated carbocycles. The Morgan fingerprint density at radius 2 is 1.67 bits per heavy atom. The Morgan fingerprint density at radius 3 is 2.44 bits per heavy atom. The number of sulfone groups is 1. The second-order valence-electron chi connectivity index (χ2n) is 4.26. The Balaban J connectivity index is 2.41. The molecule has 0 spiro atoms. The molecule has 0 bridgehead atoms. The van der Waals surface area contributed by atoms with Crippen molar-refractivity contribution in [2.24, 2.45) is 0 Å². The molecule has 0 radical (unpaired) electrons. The monoisotopic (exact) mass is 260 g/mol. The highest BCUT2D eigenvalue weighted by atomic mass is 32.2. The summed E-state index contributed by atoms with van der Waals surface area (Å²) in [6.07, 6.45) is 0. The predicted octanol–water partition coefficient (Wildman–Crippen LogP) is 2.18. The van der Waals surface area contributed by atoms with Gasteiger partial charge in [-0.2, -0.15) is 0 Å². The fourth-order valence-electron chi connectivity index (χ4n) is 2.23. The van der Waals surface area contributed by atoms with Gasteiger partial charge in [-0.1, -0.05) is 12.1 Å². The summed E-state index contributed by atoms with van der Waals surface area (Å²) in [5.74, 6) is 0. The lowest BCUT2D eigenvalue weighted by atomic mass is 10.2. The highest BCUT2D eigenvalue weighted by molar-refractivity contribution is 7.92.